The Bertz CT molecular complexity index is 75.0. The van der Waals surface area contributed by atoms with Crippen molar-refractivity contribution in [1.82, 2.24) is 0 Å². The molecule has 0 aromatic carbocycles. The summed E-state index contributed by atoms with van der Waals surface area (Å²) in [5.41, 5.74) is 0. The summed E-state index contributed by atoms with van der Waals surface area (Å²) in [5, 5.41) is 17.7. The number of hydrogen-bond acceptors (Lipinski definition) is 2. The summed E-state index contributed by atoms with van der Waals surface area (Å²) in [4.78, 5) is 0. The van der Waals surface area contributed by atoms with Gasteiger partial charge < -0.3 is 10.2 Å². The van der Waals surface area contributed by atoms with Crippen LogP contribution in [-0.4, -0.2) is 22.9 Å². The largest absolute Gasteiger partial charge is 0.396 e. The first-order valence-electron chi connectivity index (χ1n) is 3.62. The molecular weight excluding hydrogens is 116 g/mol. The maximum atomic E-state index is 9.04. The van der Waals surface area contributed by atoms with Gasteiger partial charge >= 0.3 is 0 Å². The van der Waals surface area contributed by atoms with Crippen molar-refractivity contribution in [3.63, 3.8) is 0 Å². The Labute approximate surface area is 55.5 Å². The number of hydrogen-bond donors (Lipinski definition) is 2. The Morgan fingerprint density at radius 3 is 2.11 bits per heavy atom. The Hall–Kier alpha value is -0.0800. The minimum Gasteiger partial charge on any atom is -0.396 e. The molecule has 0 spiro atoms. The van der Waals surface area contributed by atoms with Gasteiger partial charge in [-0.3, -0.25) is 0 Å². The summed E-state index contributed by atoms with van der Waals surface area (Å²) in [6.07, 6.45) is 3.67. The predicted octanol–water partition coefficient (Wildman–Crippen LogP) is 0.530. The molecule has 1 aliphatic carbocycles. The molecule has 9 heavy (non-hydrogen) atoms. The molecule has 1 rings (SSSR count). The zero-order valence-corrected chi connectivity index (χ0v) is 5.58. The topological polar surface area (TPSA) is 40.5 Å². The first kappa shape index (κ1) is 7.03. The van der Waals surface area contributed by atoms with E-state index in [9.17, 15) is 0 Å². The van der Waals surface area contributed by atoms with Crippen LogP contribution >= 0.6 is 0 Å². The molecule has 2 heteroatoms. The van der Waals surface area contributed by atoms with E-state index in [-0.39, 0.29) is 6.10 Å². The fourth-order valence-electron chi connectivity index (χ4n) is 1.33. The van der Waals surface area contributed by atoms with Crippen LogP contribution < -0.4 is 0 Å². The molecule has 1 aliphatic rings. The van der Waals surface area contributed by atoms with E-state index in [1.807, 2.05) is 0 Å². The molecule has 0 bridgehead atoms. The van der Waals surface area contributed by atoms with E-state index in [0.29, 0.717) is 12.5 Å². The van der Waals surface area contributed by atoms with Crippen LogP contribution in [0.4, 0.5) is 0 Å². The highest BCUT2D eigenvalue weighted by Gasteiger charge is 2.17. The second kappa shape index (κ2) is 3.18. The molecule has 0 amide bonds. The van der Waals surface area contributed by atoms with Crippen LogP contribution in [0, 0.1) is 5.92 Å². The summed E-state index contributed by atoms with van der Waals surface area (Å²) in [5.74, 6) is 0.466. The Balaban J connectivity index is 2.18. The van der Waals surface area contributed by atoms with Crippen molar-refractivity contribution < 1.29 is 10.2 Å². The highest BCUT2D eigenvalue weighted by molar-refractivity contribution is 4.70. The lowest BCUT2D eigenvalue weighted by atomic mass is 9.88. The van der Waals surface area contributed by atoms with Crippen LogP contribution in [0.15, 0.2) is 0 Å². The average molecular weight is 130 g/mol. The fraction of sp³-hybridized carbons (Fsp3) is 1.00. The molecule has 2 N–H and O–H groups in total. The second-order valence-electron chi connectivity index (χ2n) is 2.86. The monoisotopic (exact) mass is 130 g/mol. The maximum Gasteiger partial charge on any atom is 0.0540 e. The second-order valence-corrected chi connectivity index (χ2v) is 2.86. The summed E-state index contributed by atoms with van der Waals surface area (Å²) < 4.78 is 0. The smallest absolute Gasteiger partial charge is 0.0540 e. The Morgan fingerprint density at radius 2 is 1.67 bits per heavy atom. The van der Waals surface area contributed by atoms with Crippen molar-refractivity contribution in [3.05, 3.63) is 0 Å². The molecular formula is C7H14O2. The standard InChI is InChI=1S/C7H14O2/c8-5-6-1-3-7(9)4-2-6/h6-9H,1-5H2/t6-,7+. The van der Waals surface area contributed by atoms with Crippen molar-refractivity contribution >= 4 is 0 Å². The van der Waals surface area contributed by atoms with Crippen LogP contribution in [0.5, 0.6) is 0 Å². The van der Waals surface area contributed by atoms with E-state index < -0.39 is 0 Å². The van der Waals surface area contributed by atoms with Crippen LogP contribution in [0.2, 0.25) is 0 Å². The van der Waals surface area contributed by atoms with Crippen LogP contribution in [0.1, 0.15) is 25.7 Å². The summed E-state index contributed by atoms with van der Waals surface area (Å²) in [6.45, 7) is 0.298. The Kier molecular flexibility index (Phi) is 2.49. The number of aliphatic hydroxyl groups excluding tert-OH is 2. The first-order valence-corrected chi connectivity index (χ1v) is 3.62. The predicted molar refractivity (Wildman–Crippen MR) is 35.1 cm³/mol. The SMILES string of the molecule is OC[C@H]1CC[C@@H](O)CC1. The van der Waals surface area contributed by atoms with Gasteiger partial charge in [0.25, 0.3) is 0 Å². The van der Waals surface area contributed by atoms with Gasteiger partial charge in [0.2, 0.25) is 0 Å². The van der Waals surface area contributed by atoms with E-state index in [2.05, 4.69) is 0 Å². The van der Waals surface area contributed by atoms with E-state index >= 15 is 0 Å². The lowest BCUT2D eigenvalue weighted by Crippen LogP contribution is -2.20. The molecule has 1 saturated carbocycles. The average Bonchev–Trinajstić information content (AvgIpc) is 1.90. The van der Waals surface area contributed by atoms with Gasteiger partial charge in [-0.15, -0.1) is 0 Å². The molecule has 0 saturated heterocycles. The van der Waals surface area contributed by atoms with Gasteiger partial charge in [-0.05, 0) is 31.6 Å². The van der Waals surface area contributed by atoms with Crippen LogP contribution in [-0.2, 0) is 0 Å². The normalized spacial score (nSPS) is 36.7. The quantitative estimate of drug-likeness (QED) is 0.543. The maximum absolute atomic E-state index is 9.04. The molecule has 0 heterocycles. The van der Waals surface area contributed by atoms with Gasteiger partial charge in [-0.25, -0.2) is 0 Å². The third-order valence-corrected chi connectivity index (χ3v) is 2.07. The fourth-order valence-corrected chi connectivity index (χ4v) is 1.33. The lowest BCUT2D eigenvalue weighted by molar-refractivity contribution is 0.0872. The lowest BCUT2D eigenvalue weighted by Gasteiger charge is -2.23. The highest BCUT2D eigenvalue weighted by atomic mass is 16.3. The first-order chi connectivity index (χ1) is 4.33. The number of aliphatic hydroxyl groups is 2. The summed E-state index contributed by atoms with van der Waals surface area (Å²) in [7, 11) is 0. The summed E-state index contributed by atoms with van der Waals surface area (Å²) >= 11 is 0. The molecule has 0 radical (unpaired) electrons. The highest BCUT2D eigenvalue weighted by Crippen LogP contribution is 2.22. The molecule has 1 fully saturated rings. The van der Waals surface area contributed by atoms with Crippen molar-refractivity contribution in [3.8, 4) is 0 Å². The Morgan fingerprint density at radius 1 is 1.11 bits per heavy atom. The zero-order chi connectivity index (χ0) is 6.69. The molecule has 0 aliphatic heterocycles. The van der Waals surface area contributed by atoms with Crippen molar-refractivity contribution in [2.75, 3.05) is 6.61 Å². The molecule has 0 atom stereocenters. The summed E-state index contributed by atoms with van der Waals surface area (Å²) in [6, 6.07) is 0. The van der Waals surface area contributed by atoms with Crippen molar-refractivity contribution in [1.29, 1.82) is 0 Å². The van der Waals surface area contributed by atoms with Gasteiger partial charge in [-0.2, -0.15) is 0 Å². The van der Waals surface area contributed by atoms with E-state index in [0.717, 1.165) is 25.7 Å². The van der Waals surface area contributed by atoms with Gasteiger partial charge in [0.15, 0.2) is 0 Å². The third-order valence-electron chi connectivity index (χ3n) is 2.07. The third kappa shape index (κ3) is 1.95. The molecule has 0 aromatic heterocycles. The van der Waals surface area contributed by atoms with E-state index in [1.165, 1.54) is 0 Å². The van der Waals surface area contributed by atoms with E-state index in [4.69, 9.17) is 10.2 Å². The van der Waals surface area contributed by atoms with Gasteiger partial charge in [0, 0.05) is 6.61 Å². The minimum absolute atomic E-state index is 0.0900. The molecule has 54 valence electrons. The van der Waals surface area contributed by atoms with Crippen molar-refractivity contribution in [2.24, 2.45) is 5.92 Å². The van der Waals surface area contributed by atoms with Gasteiger partial charge in [-0.1, -0.05) is 0 Å². The van der Waals surface area contributed by atoms with Crippen LogP contribution in [0.25, 0.3) is 0 Å². The number of rotatable bonds is 1. The minimum atomic E-state index is -0.0900. The van der Waals surface area contributed by atoms with E-state index in [1.54, 1.807) is 0 Å². The van der Waals surface area contributed by atoms with Gasteiger partial charge in [0.1, 0.15) is 0 Å². The molecule has 2 nitrogen and oxygen atoms in total. The molecule has 0 unspecified atom stereocenters. The van der Waals surface area contributed by atoms with Crippen molar-refractivity contribution in [2.45, 2.75) is 31.8 Å². The molecule has 0 aromatic rings. The van der Waals surface area contributed by atoms with Crippen LogP contribution in [0.3, 0.4) is 0 Å². The van der Waals surface area contributed by atoms with Gasteiger partial charge in [0.05, 0.1) is 6.10 Å². The zero-order valence-electron chi connectivity index (χ0n) is 5.58.